The van der Waals surface area contributed by atoms with E-state index in [1.165, 1.54) is 73.5 Å². The molecule has 0 amide bonds. The fraction of sp³-hybridized carbons (Fsp3) is 0.0847. The summed E-state index contributed by atoms with van der Waals surface area (Å²) in [6.07, 6.45) is 0. The normalized spacial score (nSPS) is 14.4. The molecule has 15 rings (SSSR count). The van der Waals surface area contributed by atoms with E-state index < -0.39 is 0 Å². The zero-order valence-corrected chi connectivity index (χ0v) is 38.5. The van der Waals surface area contributed by atoms with E-state index in [4.69, 9.17) is 18.9 Å². The lowest BCUT2D eigenvalue weighted by atomic mass is 9.33. The van der Waals surface area contributed by atoms with E-state index in [0.717, 1.165) is 68.1 Å². The summed E-state index contributed by atoms with van der Waals surface area (Å²) in [6.45, 7) is 4.02. The molecule has 0 saturated heterocycles. The van der Waals surface area contributed by atoms with Crippen molar-refractivity contribution in [3.8, 4) is 45.3 Å². The van der Waals surface area contributed by atoms with Gasteiger partial charge in [0.2, 0.25) is 0 Å². The van der Waals surface area contributed by atoms with Gasteiger partial charge >= 0.3 is 0 Å². The molecule has 0 fully saturated rings. The van der Waals surface area contributed by atoms with Crippen LogP contribution in [0.25, 0.3) is 62.6 Å². The van der Waals surface area contributed by atoms with Crippen molar-refractivity contribution in [1.82, 2.24) is 0 Å². The molecule has 0 spiro atoms. The second kappa shape index (κ2) is 14.6. The SMILES string of the molecule is Cc1cc2c3c(c1)N(c1cccc4c1OCCO4)c1c(ccc4c1OCCO4)B3c1ccc(-c3ccc4c(c3)sc3ccccc34)cc1N2c1cccc(-c2ccc3c(c2)sc2ccccc23)c1. The molecule has 0 aliphatic carbocycles. The topological polar surface area (TPSA) is 43.4 Å². The van der Waals surface area contributed by atoms with Crippen LogP contribution in [0.2, 0.25) is 0 Å². The number of para-hydroxylation sites is 1. The quantitative estimate of drug-likeness (QED) is 0.164. The molecule has 0 atom stereocenters. The van der Waals surface area contributed by atoms with Crippen molar-refractivity contribution in [3.05, 3.63) is 175 Å². The molecular formula is C59H39BN2O4S2. The Bertz CT molecular complexity index is 3950. The molecule has 4 aliphatic rings. The van der Waals surface area contributed by atoms with Gasteiger partial charge in [0, 0.05) is 63.1 Å². The third-order valence-corrected chi connectivity index (χ3v) is 16.5. The van der Waals surface area contributed by atoms with Crippen LogP contribution in [0.3, 0.4) is 0 Å². The number of aryl methyl sites for hydroxylation is 1. The Hall–Kier alpha value is -7.72. The predicted octanol–water partition coefficient (Wildman–Crippen LogP) is 13.7. The minimum Gasteiger partial charge on any atom is -0.486 e. The summed E-state index contributed by atoms with van der Waals surface area (Å²) in [4.78, 5) is 4.87. The van der Waals surface area contributed by atoms with E-state index in [9.17, 15) is 0 Å². The van der Waals surface area contributed by atoms with Crippen LogP contribution in [0, 0.1) is 6.92 Å². The number of benzene rings is 9. The second-order valence-corrected chi connectivity index (χ2v) is 20.3. The largest absolute Gasteiger partial charge is 0.486 e. The maximum absolute atomic E-state index is 6.67. The number of hydrogen-bond donors (Lipinski definition) is 0. The second-order valence-electron chi connectivity index (χ2n) is 18.1. The van der Waals surface area contributed by atoms with Gasteiger partial charge in [0.25, 0.3) is 6.71 Å². The molecule has 4 aliphatic heterocycles. The molecule has 6 nitrogen and oxygen atoms in total. The van der Waals surface area contributed by atoms with Crippen LogP contribution < -0.4 is 45.1 Å². The number of anilines is 6. The van der Waals surface area contributed by atoms with Crippen LogP contribution in [0.5, 0.6) is 23.0 Å². The van der Waals surface area contributed by atoms with E-state index in [1.807, 2.05) is 28.7 Å². The van der Waals surface area contributed by atoms with Crippen LogP contribution in [-0.2, 0) is 0 Å². The molecule has 0 radical (unpaired) electrons. The Morgan fingerprint density at radius 1 is 0.412 bits per heavy atom. The molecule has 324 valence electrons. The molecule has 68 heavy (non-hydrogen) atoms. The number of fused-ring (bicyclic) bond motifs is 13. The van der Waals surface area contributed by atoms with E-state index >= 15 is 0 Å². The van der Waals surface area contributed by atoms with Crippen molar-refractivity contribution in [3.63, 3.8) is 0 Å². The van der Waals surface area contributed by atoms with Gasteiger partial charge in [-0.3, -0.25) is 0 Å². The van der Waals surface area contributed by atoms with E-state index in [2.05, 4.69) is 181 Å². The highest BCUT2D eigenvalue weighted by atomic mass is 32.1. The molecule has 6 heterocycles. The summed E-state index contributed by atoms with van der Waals surface area (Å²) in [5.74, 6) is 2.95. The lowest BCUT2D eigenvalue weighted by Gasteiger charge is -2.45. The molecule has 0 N–H and O–H groups in total. The Kier molecular flexibility index (Phi) is 8.27. The Balaban J connectivity index is 0.980. The minimum absolute atomic E-state index is 0.122. The molecule has 9 aromatic carbocycles. The van der Waals surface area contributed by atoms with Gasteiger partial charge in [-0.2, -0.15) is 0 Å². The molecule has 0 unspecified atom stereocenters. The van der Waals surface area contributed by atoms with Crippen molar-refractivity contribution < 1.29 is 18.9 Å². The number of thiophene rings is 2. The molecule has 9 heteroatoms. The van der Waals surface area contributed by atoms with Crippen LogP contribution in [0.4, 0.5) is 34.1 Å². The van der Waals surface area contributed by atoms with Gasteiger partial charge in [0.15, 0.2) is 23.0 Å². The molecule has 0 saturated carbocycles. The van der Waals surface area contributed by atoms with Gasteiger partial charge in [-0.05, 0) is 124 Å². The van der Waals surface area contributed by atoms with E-state index in [-0.39, 0.29) is 6.71 Å². The average molecular weight is 915 g/mol. The maximum atomic E-state index is 6.67. The monoisotopic (exact) mass is 914 g/mol. The van der Waals surface area contributed by atoms with Gasteiger partial charge in [-0.15, -0.1) is 22.7 Å². The summed E-state index contributed by atoms with van der Waals surface area (Å²) in [5, 5.41) is 5.21. The van der Waals surface area contributed by atoms with Crippen LogP contribution in [0.1, 0.15) is 5.56 Å². The number of ether oxygens (including phenoxy) is 4. The van der Waals surface area contributed by atoms with Crippen LogP contribution >= 0.6 is 22.7 Å². The first-order valence-electron chi connectivity index (χ1n) is 23.2. The van der Waals surface area contributed by atoms with Gasteiger partial charge in [0.05, 0.1) is 11.4 Å². The minimum atomic E-state index is -0.122. The molecule has 0 bridgehead atoms. The zero-order valence-electron chi connectivity index (χ0n) is 36.9. The predicted molar refractivity (Wildman–Crippen MR) is 284 cm³/mol. The molecule has 2 aromatic heterocycles. The van der Waals surface area contributed by atoms with Crippen LogP contribution in [-0.4, -0.2) is 33.1 Å². The van der Waals surface area contributed by atoms with E-state index in [1.54, 1.807) is 0 Å². The first-order chi connectivity index (χ1) is 33.6. The maximum Gasteiger partial charge on any atom is 0.252 e. The van der Waals surface area contributed by atoms with Crippen molar-refractivity contribution >= 4 is 120 Å². The zero-order chi connectivity index (χ0) is 44.6. The summed E-state index contributed by atoms with van der Waals surface area (Å²) in [6, 6.07) is 62.8. The lowest BCUT2D eigenvalue weighted by molar-refractivity contribution is 0.171. The third-order valence-electron chi connectivity index (χ3n) is 14.2. The van der Waals surface area contributed by atoms with Gasteiger partial charge in [-0.25, -0.2) is 0 Å². The Morgan fingerprint density at radius 3 is 1.72 bits per heavy atom. The van der Waals surface area contributed by atoms with Crippen molar-refractivity contribution in [2.24, 2.45) is 0 Å². The summed E-state index contributed by atoms with van der Waals surface area (Å²) >= 11 is 3.72. The van der Waals surface area contributed by atoms with Crippen LogP contribution in [0.15, 0.2) is 170 Å². The highest BCUT2D eigenvalue weighted by Gasteiger charge is 2.46. The first-order valence-corrected chi connectivity index (χ1v) is 24.9. The fourth-order valence-corrected chi connectivity index (χ4v) is 13.6. The van der Waals surface area contributed by atoms with Crippen molar-refractivity contribution in [2.45, 2.75) is 6.92 Å². The number of nitrogens with zero attached hydrogens (tertiary/aromatic N) is 2. The number of hydrogen-bond acceptors (Lipinski definition) is 8. The third kappa shape index (κ3) is 5.63. The standard InChI is InChI=1S/C59H39BN2O4S2/c1-34-28-48-56-49(29-34)62(46-12-7-13-50-58(46)65-26-24-63-50)57-45(22-23-51-59(57)66-27-25-64-51)60(56)44-21-18-36(38-17-20-43-41-11-3-5-15-53(41)68-55(43)33-38)31-47(44)61(48)39-9-6-8-35(30-39)37-16-19-42-40-10-2-4-14-52(40)67-54(42)32-37/h2-23,28-33H,24-27H2,1H3. The van der Waals surface area contributed by atoms with Gasteiger partial charge < -0.3 is 28.7 Å². The lowest BCUT2D eigenvalue weighted by Crippen LogP contribution is -2.61. The van der Waals surface area contributed by atoms with Gasteiger partial charge in [-0.1, -0.05) is 97.1 Å². The smallest absolute Gasteiger partial charge is 0.252 e. The van der Waals surface area contributed by atoms with Crippen molar-refractivity contribution in [1.29, 1.82) is 0 Å². The highest BCUT2D eigenvalue weighted by Crippen LogP contribution is 2.54. The molecular weight excluding hydrogens is 876 g/mol. The van der Waals surface area contributed by atoms with E-state index in [0.29, 0.717) is 26.4 Å². The van der Waals surface area contributed by atoms with Gasteiger partial charge in [0.1, 0.15) is 26.4 Å². The molecule has 11 aromatic rings. The van der Waals surface area contributed by atoms with Crippen molar-refractivity contribution in [2.75, 3.05) is 36.2 Å². The fourth-order valence-electron chi connectivity index (χ4n) is 11.3. The Labute approximate surface area is 400 Å². The number of rotatable bonds is 4. The average Bonchev–Trinajstić information content (AvgIpc) is 3.96. The first kappa shape index (κ1) is 38.4. The summed E-state index contributed by atoms with van der Waals surface area (Å²) in [5.41, 5.74) is 15.8. The summed E-state index contributed by atoms with van der Waals surface area (Å²) in [7, 11) is 0. The Morgan fingerprint density at radius 2 is 0.985 bits per heavy atom. The summed E-state index contributed by atoms with van der Waals surface area (Å²) < 4.78 is 30.9. The highest BCUT2D eigenvalue weighted by molar-refractivity contribution is 7.26.